The summed E-state index contributed by atoms with van der Waals surface area (Å²) in [6.45, 7) is 6.27. The van der Waals surface area contributed by atoms with Crippen LogP contribution in [-0.2, 0) is 11.3 Å². The lowest BCUT2D eigenvalue weighted by atomic mass is 9.94. The number of rotatable bonds is 6. The average Bonchev–Trinajstić information content (AvgIpc) is 3.01. The Morgan fingerprint density at radius 2 is 1.74 bits per heavy atom. The largest absolute Gasteiger partial charge is 0.357 e. The zero-order chi connectivity index (χ0) is 24.9. The van der Waals surface area contributed by atoms with Gasteiger partial charge in [-0.1, -0.05) is 69.4 Å². The Bertz CT molecular complexity index is 1100. The molecule has 1 aromatic rings. The van der Waals surface area contributed by atoms with Crippen molar-refractivity contribution in [1.29, 1.82) is 5.26 Å². The molecule has 0 bridgehead atoms. The molecular formula is C27H36N4O2S2. The summed E-state index contributed by atoms with van der Waals surface area (Å²) in [4.78, 5) is 31.7. The molecule has 0 atom stereocenters. The number of thiocarbonyl (C=S) groups is 1. The predicted molar refractivity (Wildman–Crippen MR) is 148 cm³/mol. The molecule has 1 amide bonds. The standard InChI is InChI=1S/C27H36N4O2S2/c1-3-4-16-30-24(29-14-10-5-6-11-15-29)21(19(2)22(18-28)25(30)32)17-23-26(33)31(27(34)35-23)20-12-8-7-9-13-20/h17,20H,3-16H2,1-2H3/b23-17-. The molecule has 0 radical (unpaired) electrons. The first-order valence-corrected chi connectivity index (χ1v) is 14.4. The summed E-state index contributed by atoms with van der Waals surface area (Å²) in [5.41, 5.74) is 1.44. The van der Waals surface area contributed by atoms with Crippen molar-refractivity contribution in [1.82, 2.24) is 9.47 Å². The number of pyridine rings is 1. The highest BCUT2D eigenvalue weighted by Gasteiger charge is 2.38. The van der Waals surface area contributed by atoms with Crippen molar-refractivity contribution in [3.63, 3.8) is 0 Å². The molecule has 0 aromatic carbocycles. The molecule has 1 aliphatic carbocycles. The molecule has 8 heteroatoms. The maximum absolute atomic E-state index is 13.6. The molecule has 2 saturated heterocycles. The number of anilines is 1. The SMILES string of the molecule is CCCCn1c(N2CCCCCC2)c(/C=C2\SC(=S)N(C3CCCCC3)C2=O)c(C)c(C#N)c1=O. The minimum atomic E-state index is -0.218. The molecule has 0 spiro atoms. The number of amides is 1. The van der Waals surface area contributed by atoms with E-state index in [2.05, 4.69) is 17.9 Å². The second-order valence-corrected chi connectivity index (χ2v) is 11.6. The first-order chi connectivity index (χ1) is 17.0. The van der Waals surface area contributed by atoms with Gasteiger partial charge in [0.25, 0.3) is 11.5 Å². The second kappa shape index (κ2) is 11.7. The zero-order valence-electron chi connectivity index (χ0n) is 21.0. The van der Waals surface area contributed by atoms with Gasteiger partial charge in [-0.3, -0.25) is 19.1 Å². The maximum atomic E-state index is 13.6. The lowest BCUT2D eigenvalue weighted by Gasteiger charge is -2.30. The van der Waals surface area contributed by atoms with Gasteiger partial charge in [0.05, 0.1) is 4.91 Å². The summed E-state index contributed by atoms with van der Waals surface area (Å²) in [5, 5.41) is 9.89. The first-order valence-electron chi connectivity index (χ1n) is 13.2. The Morgan fingerprint density at radius 1 is 1.09 bits per heavy atom. The Kier molecular flexibility index (Phi) is 8.72. The molecular weight excluding hydrogens is 476 g/mol. The van der Waals surface area contributed by atoms with E-state index in [0.29, 0.717) is 21.3 Å². The van der Waals surface area contributed by atoms with Crippen molar-refractivity contribution in [2.45, 2.75) is 97.1 Å². The van der Waals surface area contributed by atoms with Gasteiger partial charge in [-0.15, -0.1) is 0 Å². The lowest BCUT2D eigenvalue weighted by Crippen LogP contribution is -2.39. The Hall–Kier alpha value is -2.11. The number of carbonyl (C=O) groups is 1. The van der Waals surface area contributed by atoms with Crippen molar-refractivity contribution in [3.8, 4) is 6.07 Å². The molecule has 35 heavy (non-hydrogen) atoms. The van der Waals surface area contributed by atoms with Crippen LogP contribution in [0.15, 0.2) is 9.70 Å². The number of carbonyl (C=O) groups excluding carboxylic acids is 1. The van der Waals surface area contributed by atoms with Crippen LogP contribution < -0.4 is 10.5 Å². The van der Waals surface area contributed by atoms with Gasteiger partial charge in [-0.25, -0.2) is 0 Å². The summed E-state index contributed by atoms with van der Waals surface area (Å²) < 4.78 is 2.43. The van der Waals surface area contributed by atoms with E-state index in [1.807, 2.05) is 17.9 Å². The van der Waals surface area contributed by atoms with Crippen LogP contribution in [0, 0.1) is 18.3 Å². The van der Waals surface area contributed by atoms with Crippen molar-refractivity contribution >= 4 is 46.1 Å². The van der Waals surface area contributed by atoms with Gasteiger partial charge >= 0.3 is 0 Å². The summed E-state index contributed by atoms with van der Waals surface area (Å²) >= 11 is 7.02. The maximum Gasteiger partial charge on any atom is 0.270 e. The number of nitriles is 1. The lowest BCUT2D eigenvalue weighted by molar-refractivity contribution is -0.124. The van der Waals surface area contributed by atoms with Crippen LogP contribution in [0.4, 0.5) is 5.82 Å². The normalized spacial score (nSPS) is 21.0. The van der Waals surface area contributed by atoms with Gasteiger partial charge in [0, 0.05) is 31.2 Å². The molecule has 3 aliphatic rings. The monoisotopic (exact) mass is 512 g/mol. The van der Waals surface area contributed by atoms with Crippen molar-refractivity contribution in [2.24, 2.45) is 0 Å². The smallest absolute Gasteiger partial charge is 0.270 e. The van der Waals surface area contributed by atoms with Crippen molar-refractivity contribution in [3.05, 3.63) is 31.9 Å². The highest BCUT2D eigenvalue weighted by molar-refractivity contribution is 8.26. The Morgan fingerprint density at radius 3 is 2.37 bits per heavy atom. The summed E-state index contributed by atoms with van der Waals surface area (Å²) in [5.74, 6) is 0.836. The average molecular weight is 513 g/mol. The van der Waals surface area contributed by atoms with E-state index in [4.69, 9.17) is 12.2 Å². The zero-order valence-corrected chi connectivity index (χ0v) is 22.6. The number of thioether (sulfide) groups is 1. The van der Waals surface area contributed by atoms with Gasteiger partial charge in [0.2, 0.25) is 0 Å². The summed E-state index contributed by atoms with van der Waals surface area (Å²) in [7, 11) is 0. The Balaban J connectivity index is 1.84. The summed E-state index contributed by atoms with van der Waals surface area (Å²) in [6.07, 6.45) is 13.7. The van der Waals surface area contributed by atoms with Crippen LogP contribution in [0.3, 0.4) is 0 Å². The van der Waals surface area contributed by atoms with Crippen LogP contribution in [0.1, 0.15) is 94.2 Å². The molecule has 1 aromatic heterocycles. The predicted octanol–water partition coefficient (Wildman–Crippen LogP) is 5.74. The molecule has 0 unspecified atom stereocenters. The number of nitrogens with zero attached hydrogens (tertiary/aromatic N) is 4. The third-order valence-corrected chi connectivity index (χ3v) is 8.86. The highest BCUT2D eigenvalue weighted by Crippen LogP contribution is 2.39. The number of aromatic nitrogens is 1. The van der Waals surface area contributed by atoms with E-state index in [1.165, 1.54) is 31.0 Å². The third-order valence-electron chi connectivity index (χ3n) is 7.53. The molecule has 2 aliphatic heterocycles. The fraction of sp³-hybridized carbons (Fsp3) is 0.630. The molecule has 3 heterocycles. The van der Waals surface area contributed by atoms with E-state index < -0.39 is 0 Å². The topological polar surface area (TPSA) is 69.3 Å². The van der Waals surface area contributed by atoms with Gasteiger partial charge in [-0.05, 0) is 50.7 Å². The molecule has 6 nitrogen and oxygen atoms in total. The second-order valence-electron chi connectivity index (χ2n) is 9.90. The van der Waals surface area contributed by atoms with Gasteiger partial charge in [0.1, 0.15) is 21.8 Å². The summed E-state index contributed by atoms with van der Waals surface area (Å²) in [6, 6.07) is 2.34. The molecule has 3 fully saturated rings. The Labute approximate surface area is 218 Å². The van der Waals surface area contributed by atoms with E-state index in [-0.39, 0.29) is 23.1 Å². The van der Waals surface area contributed by atoms with Crippen LogP contribution in [0.25, 0.3) is 6.08 Å². The van der Waals surface area contributed by atoms with E-state index in [1.54, 1.807) is 4.57 Å². The van der Waals surface area contributed by atoms with Crippen LogP contribution in [0.5, 0.6) is 0 Å². The van der Waals surface area contributed by atoms with Gasteiger partial charge in [0.15, 0.2) is 0 Å². The molecule has 4 rings (SSSR count). The number of unbranched alkanes of at least 4 members (excludes halogenated alkanes) is 1. The molecule has 188 valence electrons. The van der Waals surface area contributed by atoms with Crippen LogP contribution >= 0.6 is 24.0 Å². The highest BCUT2D eigenvalue weighted by atomic mass is 32.2. The van der Waals surface area contributed by atoms with Crippen molar-refractivity contribution in [2.75, 3.05) is 18.0 Å². The minimum absolute atomic E-state index is 0.0297. The van der Waals surface area contributed by atoms with Gasteiger partial charge in [-0.2, -0.15) is 5.26 Å². The fourth-order valence-electron chi connectivity index (χ4n) is 5.56. The minimum Gasteiger partial charge on any atom is -0.357 e. The fourth-order valence-corrected chi connectivity index (χ4v) is 6.94. The van der Waals surface area contributed by atoms with E-state index >= 15 is 0 Å². The quantitative estimate of drug-likeness (QED) is 0.357. The number of hydrogen-bond donors (Lipinski definition) is 0. The first kappa shape index (κ1) is 26.0. The van der Waals surface area contributed by atoms with E-state index in [0.717, 1.165) is 75.8 Å². The molecule has 0 N–H and O–H groups in total. The van der Waals surface area contributed by atoms with E-state index in [9.17, 15) is 14.9 Å². The molecule has 1 saturated carbocycles. The van der Waals surface area contributed by atoms with Crippen molar-refractivity contribution < 1.29 is 4.79 Å². The third kappa shape index (κ3) is 5.36. The van der Waals surface area contributed by atoms with Crippen LogP contribution in [-0.4, -0.2) is 38.8 Å². The number of hydrogen-bond acceptors (Lipinski definition) is 6. The van der Waals surface area contributed by atoms with Crippen LogP contribution in [0.2, 0.25) is 0 Å². The van der Waals surface area contributed by atoms with Gasteiger partial charge < -0.3 is 4.90 Å².